The highest BCUT2D eigenvalue weighted by Gasteiger charge is 2.43. The Morgan fingerprint density at radius 1 is 1.00 bits per heavy atom. The Morgan fingerprint density at radius 2 is 1.57 bits per heavy atom. The number of fused-ring (bicyclic) bond motifs is 2. The van der Waals surface area contributed by atoms with Crippen LogP contribution >= 0.6 is 0 Å². The van der Waals surface area contributed by atoms with Gasteiger partial charge in [0.25, 0.3) is 0 Å². The molecule has 21 heavy (non-hydrogen) atoms. The van der Waals surface area contributed by atoms with E-state index in [0.29, 0.717) is 45.1 Å². The van der Waals surface area contributed by atoms with Crippen LogP contribution in [0.15, 0.2) is 0 Å². The van der Waals surface area contributed by atoms with Crippen molar-refractivity contribution in [3.8, 4) is 0 Å². The van der Waals surface area contributed by atoms with Gasteiger partial charge < -0.3 is 24.2 Å². The Balaban J connectivity index is 1.59. The SMILES string of the molecule is COCCOCCOCCC1(O)CC2CCCC(C1)N2C. The first kappa shape index (κ1) is 17.2. The summed E-state index contributed by atoms with van der Waals surface area (Å²) >= 11 is 0. The van der Waals surface area contributed by atoms with Crippen molar-refractivity contribution in [2.24, 2.45) is 0 Å². The lowest BCUT2D eigenvalue weighted by atomic mass is 9.74. The molecule has 2 unspecified atom stereocenters. The fraction of sp³-hybridized carbons (Fsp3) is 1.00. The van der Waals surface area contributed by atoms with Gasteiger partial charge in [-0.05, 0) is 39.2 Å². The lowest BCUT2D eigenvalue weighted by Gasteiger charge is -2.50. The fourth-order valence-electron chi connectivity index (χ4n) is 3.68. The van der Waals surface area contributed by atoms with Crippen LogP contribution in [0, 0.1) is 0 Å². The Kier molecular flexibility index (Phi) is 6.89. The summed E-state index contributed by atoms with van der Waals surface area (Å²) in [5.41, 5.74) is -0.529. The Bertz CT molecular complexity index is 286. The smallest absolute Gasteiger partial charge is 0.0701 e. The van der Waals surface area contributed by atoms with Crippen molar-refractivity contribution in [2.45, 2.75) is 56.2 Å². The maximum Gasteiger partial charge on any atom is 0.0701 e. The molecule has 0 amide bonds. The molecule has 5 heteroatoms. The first-order chi connectivity index (χ1) is 10.1. The normalized spacial score (nSPS) is 33.3. The number of ether oxygens (including phenoxy) is 3. The summed E-state index contributed by atoms with van der Waals surface area (Å²) < 4.78 is 15.8. The summed E-state index contributed by atoms with van der Waals surface area (Å²) in [6.45, 7) is 3.03. The lowest BCUT2D eigenvalue weighted by Crippen LogP contribution is -2.56. The van der Waals surface area contributed by atoms with Gasteiger partial charge in [0, 0.05) is 25.8 Å². The molecule has 0 aromatic heterocycles. The quantitative estimate of drug-likeness (QED) is 0.653. The van der Waals surface area contributed by atoms with Crippen LogP contribution in [-0.2, 0) is 14.2 Å². The number of aliphatic hydroxyl groups is 1. The van der Waals surface area contributed by atoms with Crippen molar-refractivity contribution < 1.29 is 19.3 Å². The zero-order chi connectivity index (χ0) is 15.1. The van der Waals surface area contributed by atoms with E-state index in [1.165, 1.54) is 19.3 Å². The molecular formula is C16H31NO4. The number of hydrogen-bond donors (Lipinski definition) is 1. The lowest BCUT2D eigenvalue weighted by molar-refractivity contribution is -0.0981. The van der Waals surface area contributed by atoms with E-state index in [4.69, 9.17) is 14.2 Å². The Labute approximate surface area is 128 Å². The van der Waals surface area contributed by atoms with Gasteiger partial charge in [0.05, 0.1) is 32.0 Å². The monoisotopic (exact) mass is 301 g/mol. The second kappa shape index (κ2) is 8.44. The van der Waals surface area contributed by atoms with Crippen molar-refractivity contribution >= 4 is 0 Å². The van der Waals surface area contributed by atoms with E-state index < -0.39 is 5.60 Å². The third kappa shape index (κ3) is 5.18. The first-order valence-corrected chi connectivity index (χ1v) is 8.23. The van der Waals surface area contributed by atoms with Crippen molar-refractivity contribution in [3.05, 3.63) is 0 Å². The number of hydrogen-bond acceptors (Lipinski definition) is 5. The van der Waals surface area contributed by atoms with E-state index in [-0.39, 0.29) is 0 Å². The molecule has 2 bridgehead atoms. The second-order valence-electron chi connectivity index (χ2n) is 6.50. The molecule has 2 fully saturated rings. The molecule has 2 aliphatic heterocycles. The zero-order valence-corrected chi connectivity index (χ0v) is 13.6. The molecule has 1 N–H and O–H groups in total. The van der Waals surface area contributed by atoms with E-state index >= 15 is 0 Å². The van der Waals surface area contributed by atoms with Crippen LogP contribution < -0.4 is 0 Å². The Hall–Kier alpha value is -0.200. The average Bonchev–Trinajstić information content (AvgIpc) is 2.44. The maximum atomic E-state index is 10.8. The summed E-state index contributed by atoms with van der Waals surface area (Å²) in [4.78, 5) is 2.47. The van der Waals surface area contributed by atoms with Gasteiger partial charge in [-0.25, -0.2) is 0 Å². The van der Waals surface area contributed by atoms with Crippen LogP contribution in [0.2, 0.25) is 0 Å². The average molecular weight is 301 g/mol. The van der Waals surface area contributed by atoms with Gasteiger partial charge >= 0.3 is 0 Å². The molecule has 0 aromatic carbocycles. The van der Waals surface area contributed by atoms with Gasteiger partial charge in [0.1, 0.15) is 0 Å². The summed E-state index contributed by atoms with van der Waals surface area (Å²) in [6.07, 6.45) is 6.30. The summed E-state index contributed by atoms with van der Waals surface area (Å²) in [5, 5.41) is 10.8. The molecule has 2 heterocycles. The van der Waals surface area contributed by atoms with E-state index in [9.17, 15) is 5.11 Å². The second-order valence-corrected chi connectivity index (χ2v) is 6.50. The highest BCUT2D eigenvalue weighted by atomic mass is 16.5. The first-order valence-electron chi connectivity index (χ1n) is 8.23. The molecular weight excluding hydrogens is 270 g/mol. The molecule has 2 atom stereocenters. The molecule has 5 nitrogen and oxygen atoms in total. The third-order valence-corrected chi connectivity index (χ3v) is 4.97. The van der Waals surface area contributed by atoms with Crippen LogP contribution in [0.25, 0.3) is 0 Å². The summed E-state index contributed by atoms with van der Waals surface area (Å²) in [6, 6.07) is 1.11. The predicted molar refractivity (Wildman–Crippen MR) is 81.5 cm³/mol. The molecule has 0 spiro atoms. The van der Waals surface area contributed by atoms with E-state index in [1.54, 1.807) is 7.11 Å². The van der Waals surface area contributed by atoms with E-state index in [0.717, 1.165) is 19.3 Å². The standard InChI is InChI=1S/C16H31NO4/c1-17-14-4-3-5-15(17)13-16(18,12-14)6-7-20-10-11-21-9-8-19-2/h14-15,18H,3-13H2,1-2H3. The fourth-order valence-corrected chi connectivity index (χ4v) is 3.68. The van der Waals surface area contributed by atoms with Crippen LogP contribution in [0.3, 0.4) is 0 Å². The van der Waals surface area contributed by atoms with Crippen molar-refractivity contribution in [1.82, 2.24) is 4.90 Å². The highest BCUT2D eigenvalue weighted by Crippen LogP contribution is 2.39. The number of piperidine rings is 2. The number of methoxy groups -OCH3 is 1. The van der Waals surface area contributed by atoms with Gasteiger partial charge in [0.2, 0.25) is 0 Å². The molecule has 0 aliphatic carbocycles. The molecule has 0 saturated carbocycles. The maximum absolute atomic E-state index is 10.8. The topological polar surface area (TPSA) is 51.2 Å². The van der Waals surface area contributed by atoms with Gasteiger partial charge in [-0.2, -0.15) is 0 Å². The van der Waals surface area contributed by atoms with Gasteiger partial charge in [-0.3, -0.25) is 0 Å². The van der Waals surface area contributed by atoms with Crippen LogP contribution in [-0.4, -0.2) is 74.9 Å². The molecule has 2 aliphatic rings. The number of nitrogens with zero attached hydrogens (tertiary/aromatic N) is 1. The molecule has 2 rings (SSSR count). The minimum absolute atomic E-state index is 0.529. The van der Waals surface area contributed by atoms with Gasteiger partial charge in [-0.15, -0.1) is 0 Å². The Morgan fingerprint density at radius 3 is 2.19 bits per heavy atom. The minimum Gasteiger partial charge on any atom is -0.390 e. The predicted octanol–water partition coefficient (Wildman–Crippen LogP) is 1.43. The highest BCUT2D eigenvalue weighted by molar-refractivity contribution is 4.98. The summed E-state index contributed by atoms with van der Waals surface area (Å²) in [5.74, 6) is 0. The van der Waals surface area contributed by atoms with Crippen molar-refractivity contribution in [2.75, 3.05) is 47.2 Å². The zero-order valence-electron chi connectivity index (χ0n) is 13.6. The summed E-state index contributed by atoms with van der Waals surface area (Å²) in [7, 11) is 3.87. The van der Waals surface area contributed by atoms with Crippen molar-refractivity contribution in [1.29, 1.82) is 0 Å². The van der Waals surface area contributed by atoms with E-state index in [1.807, 2.05) is 0 Å². The number of rotatable bonds is 9. The largest absolute Gasteiger partial charge is 0.390 e. The molecule has 124 valence electrons. The molecule has 0 radical (unpaired) electrons. The van der Waals surface area contributed by atoms with Gasteiger partial charge in [-0.1, -0.05) is 6.42 Å². The van der Waals surface area contributed by atoms with Crippen LogP contribution in [0.5, 0.6) is 0 Å². The van der Waals surface area contributed by atoms with Gasteiger partial charge in [0.15, 0.2) is 0 Å². The molecule has 0 aromatic rings. The molecule has 2 saturated heterocycles. The van der Waals surface area contributed by atoms with Crippen LogP contribution in [0.1, 0.15) is 38.5 Å². The third-order valence-electron chi connectivity index (χ3n) is 4.97. The van der Waals surface area contributed by atoms with Crippen LogP contribution in [0.4, 0.5) is 0 Å². The minimum atomic E-state index is -0.529. The van der Waals surface area contributed by atoms with Crippen molar-refractivity contribution in [3.63, 3.8) is 0 Å². The van der Waals surface area contributed by atoms with E-state index in [2.05, 4.69) is 11.9 Å².